The predicted molar refractivity (Wildman–Crippen MR) is 171 cm³/mol. The lowest BCUT2D eigenvalue weighted by Crippen LogP contribution is -2.40. The van der Waals surface area contributed by atoms with Crippen molar-refractivity contribution in [2.45, 2.75) is 58.2 Å². The smallest absolute Gasteiger partial charge is 0.410 e. The molecule has 5 aromatic rings. The van der Waals surface area contributed by atoms with Crippen LogP contribution in [0.25, 0.3) is 21.8 Å². The van der Waals surface area contributed by atoms with Crippen molar-refractivity contribution in [2.24, 2.45) is 5.73 Å². The normalized spacial score (nSPS) is 13.6. The summed E-state index contributed by atoms with van der Waals surface area (Å²) in [5, 5.41) is 2.45. The van der Waals surface area contributed by atoms with Gasteiger partial charge in [-0.25, -0.2) is 9.78 Å². The number of H-pyrrole nitrogens is 2. The summed E-state index contributed by atoms with van der Waals surface area (Å²) in [6.07, 6.45) is 6.27. The Balaban J connectivity index is 0.000000229. The summed E-state index contributed by atoms with van der Waals surface area (Å²) in [7, 11) is 0. The number of nitrogens with one attached hydrogen (secondary N) is 2. The van der Waals surface area contributed by atoms with Gasteiger partial charge in [-0.3, -0.25) is 0 Å². The number of nitrogens with two attached hydrogens (primary N) is 1. The number of nitrogens with zero attached hydrogens (tertiary/aromatic N) is 3. The summed E-state index contributed by atoms with van der Waals surface area (Å²) < 4.78 is 11.5. The second kappa shape index (κ2) is 13.5. The Hall–Kier alpha value is -4.41. The highest BCUT2D eigenvalue weighted by atomic mass is 35.5. The van der Waals surface area contributed by atoms with E-state index in [1.165, 1.54) is 10.9 Å². The SMILES string of the molecule is CC(C)(C)OC(=O)N1CCc2c(nc(Cl)nc2OCCc2c[nH]c3ccccc23)C1.NC(C=O)Cc1c[nH]c2ccccc12. The molecule has 1 aliphatic heterocycles. The number of rotatable bonds is 7. The zero-order chi connectivity index (χ0) is 31.3. The van der Waals surface area contributed by atoms with Crippen LogP contribution in [0.15, 0.2) is 60.9 Å². The number of fused-ring (bicyclic) bond motifs is 3. The molecule has 11 heteroatoms. The molecular formula is C33H37ClN6O4. The average molecular weight is 617 g/mol. The van der Waals surface area contributed by atoms with E-state index in [1.807, 2.05) is 69.6 Å². The van der Waals surface area contributed by atoms with Crippen LogP contribution < -0.4 is 10.5 Å². The number of aromatic nitrogens is 4. The molecule has 4 heterocycles. The van der Waals surface area contributed by atoms with E-state index >= 15 is 0 Å². The van der Waals surface area contributed by atoms with Crippen LogP contribution in [-0.2, 0) is 35.3 Å². The molecule has 0 fully saturated rings. The van der Waals surface area contributed by atoms with Crippen molar-refractivity contribution in [1.82, 2.24) is 24.8 Å². The van der Waals surface area contributed by atoms with E-state index in [9.17, 15) is 9.59 Å². The number of carbonyl (C=O) groups excluding carboxylic acids is 2. The fourth-order valence-corrected chi connectivity index (χ4v) is 5.35. The maximum atomic E-state index is 12.4. The molecule has 1 amide bonds. The topological polar surface area (TPSA) is 139 Å². The largest absolute Gasteiger partial charge is 0.477 e. The lowest BCUT2D eigenvalue weighted by molar-refractivity contribution is -0.108. The van der Waals surface area contributed by atoms with Gasteiger partial charge in [-0.05, 0) is 68.5 Å². The van der Waals surface area contributed by atoms with E-state index in [-0.39, 0.29) is 11.4 Å². The van der Waals surface area contributed by atoms with E-state index < -0.39 is 11.6 Å². The molecule has 0 spiro atoms. The zero-order valence-corrected chi connectivity index (χ0v) is 25.9. The van der Waals surface area contributed by atoms with E-state index in [0.717, 1.165) is 40.3 Å². The van der Waals surface area contributed by atoms with Gasteiger partial charge in [0.1, 0.15) is 11.9 Å². The second-order valence-electron chi connectivity index (χ2n) is 11.7. The lowest BCUT2D eigenvalue weighted by Gasteiger charge is -2.31. The Morgan fingerprint density at radius 1 is 1.05 bits per heavy atom. The quantitative estimate of drug-likeness (QED) is 0.156. The van der Waals surface area contributed by atoms with Crippen molar-refractivity contribution in [3.8, 4) is 5.88 Å². The van der Waals surface area contributed by atoms with E-state index in [4.69, 9.17) is 26.8 Å². The molecule has 44 heavy (non-hydrogen) atoms. The summed E-state index contributed by atoms with van der Waals surface area (Å²) in [4.78, 5) is 39.5. The summed E-state index contributed by atoms with van der Waals surface area (Å²) >= 11 is 6.13. The number of ether oxygens (including phenoxy) is 2. The predicted octanol–water partition coefficient (Wildman–Crippen LogP) is 5.76. The van der Waals surface area contributed by atoms with Gasteiger partial charge in [0.05, 0.1) is 24.9 Å². The van der Waals surface area contributed by atoms with Crippen LogP contribution in [0, 0.1) is 0 Å². The molecule has 3 aromatic heterocycles. The van der Waals surface area contributed by atoms with E-state index in [1.54, 1.807) is 4.90 Å². The first-order valence-corrected chi connectivity index (χ1v) is 15.0. The molecule has 0 saturated heterocycles. The van der Waals surface area contributed by atoms with Crippen molar-refractivity contribution >= 4 is 45.8 Å². The van der Waals surface area contributed by atoms with Crippen molar-refractivity contribution in [1.29, 1.82) is 0 Å². The molecule has 0 aliphatic carbocycles. The number of carbonyl (C=O) groups is 2. The summed E-state index contributed by atoms with van der Waals surface area (Å²) in [5.74, 6) is 0.494. The number of aldehydes is 1. The minimum atomic E-state index is -0.544. The van der Waals surface area contributed by atoms with Crippen molar-refractivity contribution < 1.29 is 19.1 Å². The van der Waals surface area contributed by atoms with Gasteiger partial charge in [0.15, 0.2) is 0 Å². The Morgan fingerprint density at radius 2 is 1.68 bits per heavy atom. The highest BCUT2D eigenvalue weighted by molar-refractivity contribution is 6.28. The molecule has 0 saturated carbocycles. The second-order valence-corrected chi connectivity index (χ2v) is 12.0. The van der Waals surface area contributed by atoms with Crippen LogP contribution in [0.3, 0.4) is 0 Å². The van der Waals surface area contributed by atoms with Gasteiger partial charge in [-0.2, -0.15) is 4.98 Å². The number of hydrogen-bond donors (Lipinski definition) is 3. The van der Waals surface area contributed by atoms with Crippen molar-refractivity contribution in [2.75, 3.05) is 13.2 Å². The molecule has 1 unspecified atom stereocenters. The minimum absolute atomic E-state index is 0.113. The third-order valence-corrected chi connectivity index (χ3v) is 7.41. The summed E-state index contributed by atoms with van der Waals surface area (Å²) in [6.45, 7) is 6.86. The Bertz CT molecular complexity index is 1760. The number of benzene rings is 2. The molecule has 0 bridgehead atoms. The third kappa shape index (κ3) is 7.56. The molecule has 0 radical (unpaired) electrons. The number of aromatic amines is 2. The van der Waals surface area contributed by atoms with Crippen molar-refractivity contribution in [3.05, 3.63) is 88.6 Å². The maximum absolute atomic E-state index is 12.4. The average Bonchev–Trinajstić information content (AvgIpc) is 3.60. The molecule has 230 valence electrons. The van der Waals surface area contributed by atoms with Gasteiger partial charge in [-0.15, -0.1) is 0 Å². The van der Waals surface area contributed by atoms with E-state index in [0.29, 0.717) is 44.1 Å². The van der Waals surface area contributed by atoms with E-state index in [2.05, 4.69) is 32.1 Å². The maximum Gasteiger partial charge on any atom is 0.410 e. The molecule has 6 rings (SSSR count). The third-order valence-electron chi connectivity index (χ3n) is 7.24. The van der Waals surface area contributed by atoms with Crippen LogP contribution in [0.5, 0.6) is 5.88 Å². The first kappa shape index (κ1) is 31.0. The molecule has 1 atom stereocenters. The number of hydrogen-bond acceptors (Lipinski definition) is 7. The zero-order valence-electron chi connectivity index (χ0n) is 25.1. The van der Waals surface area contributed by atoms with Gasteiger partial charge in [-0.1, -0.05) is 36.4 Å². The van der Waals surface area contributed by atoms with Gasteiger partial charge < -0.3 is 34.9 Å². The van der Waals surface area contributed by atoms with Crippen LogP contribution in [-0.4, -0.2) is 62.0 Å². The van der Waals surface area contributed by atoms with Crippen molar-refractivity contribution in [3.63, 3.8) is 0 Å². The Labute approximate surface area is 260 Å². The monoisotopic (exact) mass is 616 g/mol. The number of amides is 1. The van der Waals surface area contributed by atoms with Gasteiger partial charge in [0.2, 0.25) is 11.2 Å². The number of para-hydroxylation sites is 2. The molecular weight excluding hydrogens is 580 g/mol. The molecule has 2 aromatic carbocycles. The molecule has 4 N–H and O–H groups in total. The first-order valence-electron chi connectivity index (χ1n) is 14.6. The summed E-state index contributed by atoms with van der Waals surface area (Å²) in [5.41, 5.74) is 11.1. The lowest BCUT2D eigenvalue weighted by atomic mass is 10.1. The highest BCUT2D eigenvalue weighted by Gasteiger charge is 2.29. The van der Waals surface area contributed by atoms with Gasteiger partial charge in [0, 0.05) is 52.7 Å². The standard InChI is InChI=1S/C22H25ClN4O3.C11H12N2O/c1-22(2,3)30-21(28)27-10-8-16-18(13-27)25-20(23)26-19(16)29-11-9-14-12-24-17-7-5-4-6-15(14)17;12-9(7-14)5-8-6-13-11-4-2-1-3-10(8)11/h4-7,12,24H,8-11,13H2,1-3H3;1-4,6-7,9,13H,5,12H2. The van der Waals surface area contributed by atoms with Crippen LogP contribution >= 0.6 is 11.6 Å². The first-order chi connectivity index (χ1) is 21.1. The molecule has 10 nitrogen and oxygen atoms in total. The van der Waals surface area contributed by atoms with Crippen LogP contribution in [0.1, 0.15) is 43.2 Å². The van der Waals surface area contributed by atoms with Gasteiger partial charge in [0.25, 0.3) is 0 Å². The highest BCUT2D eigenvalue weighted by Crippen LogP contribution is 2.28. The Morgan fingerprint density at radius 3 is 2.34 bits per heavy atom. The Kier molecular flexibility index (Phi) is 9.51. The number of halogens is 1. The van der Waals surface area contributed by atoms with Crippen LogP contribution in [0.2, 0.25) is 5.28 Å². The fourth-order valence-electron chi connectivity index (χ4n) is 5.17. The molecule has 1 aliphatic rings. The van der Waals surface area contributed by atoms with Gasteiger partial charge >= 0.3 is 6.09 Å². The fraction of sp³-hybridized carbons (Fsp3) is 0.333. The summed E-state index contributed by atoms with van der Waals surface area (Å²) in [6, 6.07) is 15.8. The van der Waals surface area contributed by atoms with Crippen LogP contribution in [0.4, 0.5) is 4.79 Å². The minimum Gasteiger partial charge on any atom is -0.477 e.